The Hall–Kier alpha value is -4.30. The number of piperazine rings is 1. The molecule has 4 aromatic rings. The Balaban J connectivity index is 1.22. The number of unbranched alkanes of at least 4 members (excludes halogenated alkanes) is 1. The van der Waals surface area contributed by atoms with E-state index in [0.717, 1.165) is 66.7 Å². The standard InChI is InChI=1S/C32H32ClN5O3/c1-2-3-15-35-32-31(38(39)40)30(26-6-4-5-7-29(26)41-32)22-8-11-24(12-9-22)36-17-19-37(20-18-36)28-14-16-34-27-21-23(33)10-13-25(27)28/h4-14,16,21,30,35H,2-3,15,17-20H2,1H3. The molecule has 0 aliphatic carbocycles. The van der Waals surface area contributed by atoms with E-state index in [-0.39, 0.29) is 16.5 Å². The highest BCUT2D eigenvalue weighted by atomic mass is 35.5. The Morgan fingerprint density at radius 2 is 1.78 bits per heavy atom. The molecule has 1 unspecified atom stereocenters. The first-order valence-corrected chi connectivity index (χ1v) is 14.4. The summed E-state index contributed by atoms with van der Waals surface area (Å²) in [4.78, 5) is 21.3. The molecule has 1 aromatic heterocycles. The quantitative estimate of drug-likeness (QED) is 0.146. The fraction of sp³-hybridized carbons (Fsp3) is 0.281. The lowest BCUT2D eigenvalue weighted by Gasteiger charge is -2.38. The fourth-order valence-electron chi connectivity index (χ4n) is 5.75. The zero-order chi connectivity index (χ0) is 28.3. The predicted octanol–water partition coefficient (Wildman–Crippen LogP) is 6.57. The van der Waals surface area contributed by atoms with Crippen LogP contribution in [-0.2, 0) is 0 Å². The molecule has 1 atom stereocenters. The molecule has 2 aliphatic heterocycles. The SMILES string of the molecule is CCCCNC1=C([N+](=O)[O-])C(c2ccc(N3CCN(c4ccnc5cc(Cl)ccc45)CC3)cc2)c2ccccc2O1. The Morgan fingerprint density at radius 1 is 1.02 bits per heavy atom. The number of nitrogens with zero attached hydrogens (tertiary/aromatic N) is 4. The predicted molar refractivity (Wildman–Crippen MR) is 163 cm³/mol. The minimum atomic E-state index is -0.529. The Morgan fingerprint density at radius 3 is 2.54 bits per heavy atom. The van der Waals surface area contributed by atoms with E-state index in [9.17, 15) is 10.1 Å². The largest absolute Gasteiger partial charge is 0.435 e. The zero-order valence-electron chi connectivity index (χ0n) is 22.9. The summed E-state index contributed by atoms with van der Waals surface area (Å²) in [6.45, 7) is 6.18. The van der Waals surface area contributed by atoms with Crippen LogP contribution in [0.15, 0.2) is 90.6 Å². The molecule has 2 aliphatic rings. The summed E-state index contributed by atoms with van der Waals surface area (Å²) in [5, 5.41) is 17.3. The molecule has 3 heterocycles. The molecule has 1 saturated heterocycles. The van der Waals surface area contributed by atoms with Gasteiger partial charge in [0.2, 0.25) is 0 Å². The van der Waals surface area contributed by atoms with Crippen LogP contribution in [0.2, 0.25) is 5.02 Å². The van der Waals surface area contributed by atoms with E-state index < -0.39 is 5.92 Å². The van der Waals surface area contributed by atoms with Gasteiger partial charge >= 0.3 is 5.70 Å². The Labute approximate surface area is 244 Å². The number of pyridine rings is 1. The second-order valence-electron chi connectivity index (χ2n) is 10.4. The van der Waals surface area contributed by atoms with Gasteiger partial charge in [0.1, 0.15) is 11.7 Å². The van der Waals surface area contributed by atoms with Crippen LogP contribution in [0, 0.1) is 10.1 Å². The number of aromatic nitrogens is 1. The maximum atomic E-state index is 12.4. The number of benzene rings is 3. The van der Waals surface area contributed by atoms with Crippen LogP contribution in [0.3, 0.4) is 0 Å². The Bertz CT molecular complexity index is 1600. The lowest BCUT2D eigenvalue weighted by atomic mass is 9.86. The zero-order valence-corrected chi connectivity index (χ0v) is 23.7. The van der Waals surface area contributed by atoms with Crippen molar-refractivity contribution in [3.05, 3.63) is 117 Å². The summed E-state index contributed by atoms with van der Waals surface area (Å²) in [5.74, 6) is 0.352. The smallest absolute Gasteiger partial charge is 0.317 e. The molecule has 0 bridgehead atoms. The monoisotopic (exact) mass is 569 g/mol. The molecule has 9 heteroatoms. The molecule has 1 fully saturated rings. The van der Waals surface area contributed by atoms with E-state index >= 15 is 0 Å². The molecule has 0 saturated carbocycles. The van der Waals surface area contributed by atoms with Crippen molar-refractivity contribution in [3.8, 4) is 5.75 Å². The van der Waals surface area contributed by atoms with Crippen molar-refractivity contribution in [1.29, 1.82) is 0 Å². The molecule has 210 valence electrons. The second-order valence-corrected chi connectivity index (χ2v) is 10.8. The van der Waals surface area contributed by atoms with E-state index in [0.29, 0.717) is 17.3 Å². The van der Waals surface area contributed by atoms with Crippen molar-refractivity contribution in [2.24, 2.45) is 0 Å². The van der Waals surface area contributed by atoms with E-state index in [4.69, 9.17) is 16.3 Å². The van der Waals surface area contributed by atoms with Crippen LogP contribution >= 0.6 is 11.6 Å². The van der Waals surface area contributed by atoms with Gasteiger partial charge in [0.05, 0.1) is 10.4 Å². The normalized spacial score (nSPS) is 16.9. The third kappa shape index (κ3) is 5.39. The molecule has 0 spiro atoms. The first-order valence-electron chi connectivity index (χ1n) is 14.1. The minimum absolute atomic E-state index is 0.0482. The number of para-hydroxylation sites is 1. The van der Waals surface area contributed by atoms with E-state index in [1.807, 2.05) is 60.8 Å². The van der Waals surface area contributed by atoms with Crippen molar-refractivity contribution in [1.82, 2.24) is 10.3 Å². The van der Waals surface area contributed by atoms with Gasteiger partial charge in [-0.05, 0) is 54.4 Å². The summed E-state index contributed by atoms with van der Waals surface area (Å²) in [6, 6.07) is 23.7. The van der Waals surface area contributed by atoms with Crippen LogP contribution < -0.4 is 19.9 Å². The molecule has 41 heavy (non-hydrogen) atoms. The van der Waals surface area contributed by atoms with Crippen molar-refractivity contribution in [2.45, 2.75) is 25.7 Å². The average molecular weight is 570 g/mol. The van der Waals surface area contributed by atoms with Crippen LogP contribution in [0.1, 0.15) is 36.8 Å². The lowest BCUT2D eigenvalue weighted by molar-refractivity contribution is -0.432. The number of anilines is 2. The van der Waals surface area contributed by atoms with Gasteiger partial charge in [-0.25, -0.2) is 0 Å². The number of nitrogens with one attached hydrogen (secondary N) is 1. The van der Waals surface area contributed by atoms with Gasteiger partial charge < -0.3 is 19.9 Å². The molecule has 3 aromatic carbocycles. The average Bonchev–Trinajstić information content (AvgIpc) is 3.00. The number of ether oxygens (including phenoxy) is 1. The van der Waals surface area contributed by atoms with Gasteiger partial charge in [0.25, 0.3) is 5.88 Å². The third-order valence-electron chi connectivity index (χ3n) is 7.85. The van der Waals surface area contributed by atoms with Gasteiger partial charge in [0.15, 0.2) is 0 Å². The summed E-state index contributed by atoms with van der Waals surface area (Å²) in [6.07, 6.45) is 3.72. The summed E-state index contributed by atoms with van der Waals surface area (Å²) in [5.41, 5.74) is 4.89. The molecule has 1 N–H and O–H groups in total. The van der Waals surface area contributed by atoms with E-state index in [1.54, 1.807) is 0 Å². The first-order chi connectivity index (χ1) is 20.0. The first kappa shape index (κ1) is 26.9. The van der Waals surface area contributed by atoms with Crippen LogP contribution in [0.5, 0.6) is 5.75 Å². The number of rotatable bonds is 8. The molecule has 6 rings (SSSR count). The highest BCUT2D eigenvalue weighted by molar-refractivity contribution is 6.31. The summed E-state index contributed by atoms with van der Waals surface area (Å²) in [7, 11) is 0. The third-order valence-corrected chi connectivity index (χ3v) is 8.09. The van der Waals surface area contributed by atoms with Gasteiger partial charge in [-0.2, -0.15) is 0 Å². The van der Waals surface area contributed by atoms with Crippen molar-refractivity contribution in [2.75, 3.05) is 42.5 Å². The van der Waals surface area contributed by atoms with Crippen LogP contribution in [0.25, 0.3) is 10.9 Å². The number of halogens is 1. The van der Waals surface area contributed by atoms with Crippen LogP contribution in [0.4, 0.5) is 11.4 Å². The highest BCUT2D eigenvalue weighted by Crippen LogP contribution is 2.43. The molecular formula is C32H32ClN5O3. The number of hydrogen-bond donors (Lipinski definition) is 1. The molecule has 0 radical (unpaired) electrons. The fourth-order valence-corrected chi connectivity index (χ4v) is 5.92. The Kier molecular flexibility index (Phi) is 7.65. The van der Waals surface area contributed by atoms with Crippen molar-refractivity contribution < 1.29 is 9.66 Å². The van der Waals surface area contributed by atoms with Crippen molar-refractivity contribution >= 4 is 33.9 Å². The number of hydrogen-bond acceptors (Lipinski definition) is 7. The topological polar surface area (TPSA) is 83.8 Å². The van der Waals surface area contributed by atoms with Gasteiger partial charge in [0, 0.05) is 66.3 Å². The number of allylic oxidation sites excluding steroid dienone is 1. The van der Waals surface area contributed by atoms with Crippen LogP contribution in [-0.4, -0.2) is 42.6 Å². The minimum Gasteiger partial charge on any atom is -0.435 e. The van der Waals surface area contributed by atoms with E-state index in [2.05, 4.69) is 45.2 Å². The maximum Gasteiger partial charge on any atom is 0.317 e. The second kappa shape index (κ2) is 11.7. The molecule has 0 amide bonds. The maximum absolute atomic E-state index is 12.4. The number of fused-ring (bicyclic) bond motifs is 2. The van der Waals surface area contributed by atoms with Gasteiger partial charge in [-0.15, -0.1) is 0 Å². The summed E-state index contributed by atoms with van der Waals surface area (Å²) >= 11 is 6.18. The van der Waals surface area contributed by atoms with Crippen molar-refractivity contribution in [3.63, 3.8) is 0 Å². The highest BCUT2D eigenvalue weighted by Gasteiger charge is 2.39. The summed E-state index contributed by atoms with van der Waals surface area (Å²) < 4.78 is 6.01. The lowest BCUT2D eigenvalue weighted by Crippen LogP contribution is -2.46. The number of nitro groups is 1. The van der Waals surface area contributed by atoms with E-state index in [1.165, 1.54) is 5.69 Å². The molecule has 8 nitrogen and oxygen atoms in total. The molecular weight excluding hydrogens is 538 g/mol. The van der Waals surface area contributed by atoms with Gasteiger partial charge in [-0.3, -0.25) is 15.1 Å². The van der Waals surface area contributed by atoms with Gasteiger partial charge in [-0.1, -0.05) is 55.3 Å².